The summed E-state index contributed by atoms with van der Waals surface area (Å²) in [5, 5.41) is 0. The fourth-order valence-corrected chi connectivity index (χ4v) is 1.49. The summed E-state index contributed by atoms with van der Waals surface area (Å²) in [5.74, 6) is 1.58. The third-order valence-electron chi connectivity index (χ3n) is 2.14. The topological polar surface area (TPSA) is 54.7 Å². The van der Waals surface area contributed by atoms with E-state index in [4.69, 9.17) is 5.73 Å². The van der Waals surface area contributed by atoms with Gasteiger partial charge in [-0.2, -0.15) is 0 Å². The van der Waals surface area contributed by atoms with Crippen LogP contribution >= 0.6 is 0 Å². The second-order valence-corrected chi connectivity index (χ2v) is 3.74. The number of nitrogens with two attached hydrogens (primary N) is 1. The van der Waals surface area contributed by atoms with Crippen LogP contribution in [0.25, 0.3) is 0 Å². The van der Waals surface area contributed by atoms with Crippen LogP contribution in [0.5, 0.6) is 0 Å². The highest BCUT2D eigenvalue weighted by atomic mass is 14.9. The Hall–Kier alpha value is -0.830. The van der Waals surface area contributed by atoms with Crippen LogP contribution in [0.3, 0.4) is 0 Å². The van der Waals surface area contributed by atoms with Gasteiger partial charge in [0.25, 0.3) is 0 Å². The lowest BCUT2D eigenvalue weighted by atomic mass is 10.1. The van der Waals surface area contributed by atoms with Crippen molar-refractivity contribution in [2.24, 2.45) is 5.73 Å². The summed E-state index contributed by atoms with van der Waals surface area (Å²) in [4.78, 5) is 7.83. The maximum Gasteiger partial charge on any atom is 0.106 e. The van der Waals surface area contributed by atoms with Gasteiger partial charge in [-0.3, -0.25) is 0 Å². The minimum atomic E-state index is 0.503. The van der Waals surface area contributed by atoms with Gasteiger partial charge in [-0.1, -0.05) is 13.8 Å². The van der Waals surface area contributed by atoms with Crippen LogP contribution in [0, 0.1) is 6.92 Å². The third-order valence-corrected chi connectivity index (χ3v) is 2.14. The van der Waals surface area contributed by atoms with Crippen molar-refractivity contribution in [3.05, 3.63) is 17.2 Å². The smallest absolute Gasteiger partial charge is 0.106 e. The molecule has 0 bridgehead atoms. The summed E-state index contributed by atoms with van der Waals surface area (Å²) in [5.41, 5.74) is 7.82. The van der Waals surface area contributed by atoms with Gasteiger partial charge in [0.05, 0.1) is 5.69 Å². The standard InChI is InChI=1S/C10H19N3/c1-7(2)10-8(3)12-9(13-10)5-4-6-11/h7H,4-6,11H2,1-3H3,(H,12,13). The van der Waals surface area contributed by atoms with E-state index in [0.717, 1.165) is 25.2 Å². The first-order valence-electron chi connectivity index (χ1n) is 4.90. The van der Waals surface area contributed by atoms with E-state index < -0.39 is 0 Å². The number of aryl methyl sites for hydroxylation is 2. The molecule has 13 heavy (non-hydrogen) atoms. The van der Waals surface area contributed by atoms with Crippen molar-refractivity contribution in [1.82, 2.24) is 9.97 Å². The van der Waals surface area contributed by atoms with Crippen LogP contribution < -0.4 is 5.73 Å². The van der Waals surface area contributed by atoms with Crippen molar-refractivity contribution in [3.8, 4) is 0 Å². The molecule has 0 unspecified atom stereocenters. The highest BCUT2D eigenvalue weighted by Gasteiger charge is 2.08. The highest BCUT2D eigenvalue weighted by Crippen LogP contribution is 2.16. The Balaban J connectivity index is 2.71. The molecule has 74 valence electrons. The monoisotopic (exact) mass is 181 g/mol. The zero-order chi connectivity index (χ0) is 9.84. The molecule has 0 spiro atoms. The zero-order valence-electron chi connectivity index (χ0n) is 8.72. The Labute approximate surface area is 79.8 Å². The molecule has 0 atom stereocenters. The molecule has 0 aromatic carbocycles. The second kappa shape index (κ2) is 4.42. The molecule has 1 heterocycles. The number of nitrogens with one attached hydrogen (secondary N) is 1. The van der Waals surface area contributed by atoms with Crippen molar-refractivity contribution in [3.63, 3.8) is 0 Å². The number of nitrogens with zero attached hydrogens (tertiary/aromatic N) is 1. The molecule has 0 radical (unpaired) electrons. The predicted molar refractivity (Wildman–Crippen MR) is 54.8 cm³/mol. The lowest BCUT2D eigenvalue weighted by molar-refractivity contribution is 0.777. The van der Waals surface area contributed by atoms with E-state index in [1.807, 2.05) is 0 Å². The largest absolute Gasteiger partial charge is 0.346 e. The molecular weight excluding hydrogens is 162 g/mol. The third kappa shape index (κ3) is 2.56. The molecule has 1 aromatic rings. The molecule has 0 aliphatic heterocycles. The molecule has 0 aliphatic rings. The quantitative estimate of drug-likeness (QED) is 0.743. The SMILES string of the molecule is Cc1[nH]c(CCCN)nc1C(C)C. The van der Waals surface area contributed by atoms with Gasteiger partial charge in [0.15, 0.2) is 0 Å². The van der Waals surface area contributed by atoms with Crippen molar-refractivity contribution >= 4 is 0 Å². The van der Waals surface area contributed by atoms with Gasteiger partial charge in [0, 0.05) is 12.1 Å². The van der Waals surface area contributed by atoms with E-state index in [-0.39, 0.29) is 0 Å². The fourth-order valence-electron chi connectivity index (χ4n) is 1.49. The second-order valence-electron chi connectivity index (χ2n) is 3.74. The van der Waals surface area contributed by atoms with Crippen LogP contribution in [0.2, 0.25) is 0 Å². The summed E-state index contributed by atoms with van der Waals surface area (Å²) in [7, 11) is 0. The van der Waals surface area contributed by atoms with E-state index in [1.165, 1.54) is 11.4 Å². The molecule has 1 rings (SSSR count). The van der Waals surface area contributed by atoms with Gasteiger partial charge in [-0.05, 0) is 25.8 Å². The van der Waals surface area contributed by atoms with Gasteiger partial charge in [-0.25, -0.2) is 4.98 Å². The first-order chi connectivity index (χ1) is 6.15. The molecule has 0 amide bonds. The fraction of sp³-hybridized carbons (Fsp3) is 0.700. The Bertz CT molecular complexity index is 263. The highest BCUT2D eigenvalue weighted by molar-refractivity contribution is 5.16. The number of hydrogen-bond acceptors (Lipinski definition) is 2. The van der Waals surface area contributed by atoms with Gasteiger partial charge in [-0.15, -0.1) is 0 Å². The van der Waals surface area contributed by atoms with Gasteiger partial charge >= 0.3 is 0 Å². The Morgan fingerprint density at radius 3 is 2.62 bits per heavy atom. The molecular formula is C10H19N3. The average Bonchev–Trinajstić information content (AvgIpc) is 2.43. The van der Waals surface area contributed by atoms with Gasteiger partial charge < -0.3 is 10.7 Å². The Morgan fingerprint density at radius 2 is 2.15 bits per heavy atom. The minimum Gasteiger partial charge on any atom is -0.346 e. The number of aromatic amines is 1. The molecule has 3 nitrogen and oxygen atoms in total. The van der Waals surface area contributed by atoms with Crippen molar-refractivity contribution < 1.29 is 0 Å². The maximum atomic E-state index is 5.44. The van der Waals surface area contributed by atoms with Crippen LogP contribution in [-0.2, 0) is 6.42 Å². The molecule has 0 fully saturated rings. The average molecular weight is 181 g/mol. The zero-order valence-corrected chi connectivity index (χ0v) is 8.72. The maximum absolute atomic E-state index is 5.44. The normalized spacial score (nSPS) is 11.2. The predicted octanol–water partition coefficient (Wildman–Crippen LogP) is 1.73. The molecule has 3 N–H and O–H groups in total. The minimum absolute atomic E-state index is 0.503. The van der Waals surface area contributed by atoms with E-state index in [1.54, 1.807) is 0 Å². The molecule has 0 saturated carbocycles. The molecule has 0 saturated heterocycles. The summed E-state index contributed by atoms with van der Waals surface area (Å²) >= 11 is 0. The van der Waals surface area contributed by atoms with Crippen molar-refractivity contribution in [1.29, 1.82) is 0 Å². The van der Waals surface area contributed by atoms with Crippen molar-refractivity contribution in [2.75, 3.05) is 6.54 Å². The number of aromatic nitrogens is 2. The summed E-state index contributed by atoms with van der Waals surface area (Å²) in [6, 6.07) is 0. The summed E-state index contributed by atoms with van der Waals surface area (Å²) in [6.07, 6.45) is 1.97. The van der Waals surface area contributed by atoms with E-state index in [0.29, 0.717) is 5.92 Å². The number of H-pyrrole nitrogens is 1. The van der Waals surface area contributed by atoms with Crippen LogP contribution in [0.15, 0.2) is 0 Å². The first-order valence-corrected chi connectivity index (χ1v) is 4.90. The van der Waals surface area contributed by atoms with Gasteiger partial charge in [0.2, 0.25) is 0 Å². The number of imidazole rings is 1. The van der Waals surface area contributed by atoms with Crippen LogP contribution in [0.1, 0.15) is 43.4 Å². The Morgan fingerprint density at radius 1 is 1.46 bits per heavy atom. The van der Waals surface area contributed by atoms with E-state index >= 15 is 0 Å². The number of hydrogen-bond donors (Lipinski definition) is 2. The van der Waals surface area contributed by atoms with Crippen molar-refractivity contribution in [2.45, 2.75) is 39.5 Å². The molecule has 3 heteroatoms. The van der Waals surface area contributed by atoms with Gasteiger partial charge in [0.1, 0.15) is 5.82 Å². The number of rotatable bonds is 4. The van der Waals surface area contributed by atoms with E-state index in [2.05, 4.69) is 30.7 Å². The molecule has 0 aliphatic carbocycles. The Kier molecular flexibility index (Phi) is 3.48. The molecule has 1 aromatic heterocycles. The lowest BCUT2D eigenvalue weighted by Crippen LogP contribution is -2.01. The van der Waals surface area contributed by atoms with E-state index in [9.17, 15) is 0 Å². The van der Waals surface area contributed by atoms with Crippen LogP contribution in [0.4, 0.5) is 0 Å². The summed E-state index contributed by atoms with van der Waals surface area (Å²) < 4.78 is 0. The lowest BCUT2D eigenvalue weighted by Gasteiger charge is -1.99. The van der Waals surface area contributed by atoms with Crippen LogP contribution in [-0.4, -0.2) is 16.5 Å². The summed E-state index contributed by atoms with van der Waals surface area (Å²) in [6.45, 7) is 7.14. The first kappa shape index (κ1) is 10.3.